The Hall–Kier alpha value is -4.87. The summed E-state index contributed by atoms with van der Waals surface area (Å²) in [5.41, 5.74) is 1.08. The van der Waals surface area contributed by atoms with Crippen molar-refractivity contribution >= 4 is 17.4 Å². The lowest BCUT2D eigenvalue weighted by Crippen LogP contribution is -2.16. The van der Waals surface area contributed by atoms with E-state index in [1.165, 1.54) is 26.4 Å². The predicted molar refractivity (Wildman–Crippen MR) is 137 cm³/mol. The van der Waals surface area contributed by atoms with Gasteiger partial charge >= 0.3 is 6.18 Å². The van der Waals surface area contributed by atoms with E-state index >= 15 is 0 Å². The zero-order valence-corrected chi connectivity index (χ0v) is 21.2. The summed E-state index contributed by atoms with van der Waals surface area (Å²) in [6.07, 6.45) is -3.06. The molecule has 2 aromatic carbocycles. The van der Waals surface area contributed by atoms with Crippen LogP contribution in [0.5, 0.6) is 11.5 Å². The molecule has 0 unspecified atom stereocenters. The van der Waals surface area contributed by atoms with Gasteiger partial charge in [0.2, 0.25) is 0 Å². The average molecular weight is 537 g/mol. The molecule has 1 amide bonds. The van der Waals surface area contributed by atoms with Crippen LogP contribution in [0.25, 0.3) is 16.9 Å². The van der Waals surface area contributed by atoms with E-state index in [1.807, 2.05) is 31.2 Å². The fourth-order valence-electron chi connectivity index (χ4n) is 4.09. The van der Waals surface area contributed by atoms with E-state index in [1.54, 1.807) is 29.1 Å². The molecule has 12 heteroatoms. The maximum absolute atomic E-state index is 14.0. The van der Waals surface area contributed by atoms with Gasteiger partial charge in [0.05, 0.1) is 26.5 Å². The first kappa shape index (κ1) is 25.8. The van der Waals surface area contributed by atoms with Gasteiger partial charge in [0.1, 0.15) is 0 Å². The standard InChI is InChI=1S/C27H23F3N6O3/c1-16-6-4-5-7-18(16)15-35-11-10-24(34-35)32-26(37)20-14-25-31-19(13-23(27(28,29)30)36(25)33-20)17-8-9-21(38-2)22(12-17)39-3/h4-14H,15H2,1-3H3,(H,32,34,37). The molecule has 0 atom stereocenters. The molecule has 0 bridgehead atoms. The Morgan fingerprint density at radius 2 is 1.74 bits per heavy atom. The van der Waals surface area contributed by atoms with Crippen molar-refractivity contribution in [1.29, 1.82) is 0 Å². The van der Waals surface area contributed by atoms with Crippen LogP contribution in [0.3, 0.4) is 0 Å². The largest absolute Gasteiger partial charge is 0.493 e. The number of alkyl halides is 3. The number of methoxy groups -OCH3 is 2. The quantitative estimate of drug-likeness (QED) is 0.306. The van der Waals surface area contributed by atoms with Gasteiger partial charge in [0, 0.05) is 23.9 Å². The van der Waals surface area contributed by atoms with Gasteiger partial charge in [0.15, 0.2) is 34.4 Å². The van der Waals surface area contributed by atoms with E-state index in [-0.39, 0.29) is 22.9 Å². The first-order chi connectivity index (χ1) is 18.7. The third-order valence-electron chi connectivity index (χ3n) is 6.11. The van der Waals surface area contributed by atoms with Crippen molar-refractivity contribution in [2.45, 2.75) is 19.6 Å². The predicted octanol–water partition coefficient (Wildman–Crippen LogP) is 5.24. The van der Waals surface area contributed by atoms with Crippen molar-refractivity contribution in [1.82, 2.24) is 24.4 Å². The molecule has 3 aromatic heterocycles. The Morgan fingerprint density at radius 3 is 2.46 bits per heavy atom. The summed E-state index contributed by atoms with van der Waals surface area (Å²) in [7, 11) is 2.88. The van der Waals surface area contributed by atoms with Crippen LogP contribution < -0.4 is 14.8 Å². The zero-order chi connectivity index (χ0) is 27.7. The molecule has 3 heterocycles. The van der Waals surface area contributed by atoms with E-state index in [9.17, 15) is 18.0 Å². The third-order valence-corrected chi connectivity index (χ3v) is 6.11. The number of carbonyl (C=O) groups excluding carboxylic acids is 1. The number of aromatic nitrogens is 5. The van der Waals surface area contributed by atoms with E-state index in [2.05, 4.69) is 20.5 Å². The van der Waals surface area contributed by atoms with Gasteiger partial charge in [-0.05, 0) is 42.3 Å². The summed E-state index contributed by atoms with van der Waals surface area (Å²) in [5.74, 6) is 0.270. The third kappa shape index (κ3) is 5.26. The summed E-state index contributed by atoms with van der Waals surface area (Å²) < 4.78 is 54.7. The van der Waals surface area contributed by atoms with Crippen molar-refractivity contribution < 1.29 is 27.4 Å². The molecule has 0 fully saturated rings. The van der Waals surface area contributed by atoms with Crippen LogP contribution in [-0.4, -0.2) is 44.5 Å². The normalized spacial score (nSPS) is 11.5. The van der Waals surface area contributed by atoms with Crippen LogP contribution in [0.4, 0.5) is 19.0 Å². The highest BCUT2D eigenvalue weighted by Gasteiger charge is 2.36. The van der Waals surface area contributed by atoms with Gasteiger partial charge in [-0.15, -0.1) is 0 Å². The average Bonchev–Trinajstić information content (AvgIpc) is 3.55. The van der Waals surface area contributed by atoms with Crippen molar-refractivity contribution in [2.75, 3.05) is 19.5 Å². The second-order valence-corrected chi connectivity index (χ2v) is 8.67. The molecule has 5 rings (SSSR count). The fourth-order valence-corrected chi connectivity index (χ4v) is 4.09. The van der Waals surface area contributed by atoms with Crippen molar-refractivity contribution in [3.05, 3.63) is 89.4 Å². The van der Waals surface area contributed by atoms with E-state index in [0.29, 0.717) is 28.1 Å². The molecular formula is C27H23F3N6O3. The van der Waals surface area contributed by atoms with Crippen LogP contribution in [0.15, 0.2) is 66.9 Å². The summed E-state index contributed by atoms with van der Waals surface area (Å²) in [5, 5.41) is 10.8. The molecule has 0 saturated carbocycles. The van der Waals surface area contributed by atoms with E-state index in [4.69, 9.17) is 9.47 Å². The number of amides is 1. The van der Waals surface area contributed by atoms with Gasteiger partial charge in [-0.25, -0.2) is 9.50 Å². The second kappa shape index (κ2) is 10.1. The number of fused-ring (bicyclic) bond motifs is 1. The molecule has 0 aliphatic heterocycles. The smallest absolute Gasteiger partial charge is 0.433 e. The number of anilines is 1. The number of carbonyl (C=O) groups is 1. The van der Waals surface area contributed by atoms with Crippen molar-refractivity contribution in [2.24, 2.45) is 0 Å². The fraction of sp³-hybridized carbons (Fsp3) is 0.185. The minimum absolute atomic E-state index is 0.0255. The maximum atomic E-state index is 14.0. The highest BCUT2D eigenvalue weighted by Crippen LogP contribution is 2.35. The van der Waals surface area contributed by atoms with Crippen LogP contribution in [-0.2, 0) is 12.7 Å². The van der Waals surface area contributed by atoms with E-state index in [0.717, 1.165) is 17.2 Å². The van der Waals surface area contributed by atoms with Gasteiger partial charge in [-0.2, -0.15) is 23.4 Å². The Bertz CT molecular complexity index is 1680. The number of aryl methyl sites for hydroxylation is 1. The van der Waals surface area contributed by atoms with Crippen molar-refractivity contribution in [3.8, 4) is 22.8 Å². The second-order valence-electron chi connectivity index (χ2n) is 8.67. The minimum atomic E-state index is -4.76. The molecule has 9 nitrogen and oxygen atoms in total. The summed E-state index contributed by atoms with van der Waals surface area (Å²) in [6.45, 7) is 2.49. The molecule has 0 spiro atoms. The molecule has 0 radical (unpaired) electrons. The van der Waals surface area contributed by atoms with Gasteiger partial charge in [-0.3, -0.25) is 9.48 Å². The highest BCUT2D eigenvalue weighted by molar-refractivity contribution is 6.03. The lowest BCUT2D eigenvalue weighted by Gasteiger charge is -2.12. The first-order valence-electron chi connectivity index (χ1n) is 11.8. The molecule has 1 N–H and O–H groups in total. The molecule has 0 saturated heterocycles. The van der Waals surface area contributed by atoms with Crippen molar-refractivity contribution in [3.63, 3.8) is 0 Å². The van der Waals surface area contributed by atoms with Crippen LogP contribution in [0, 0.1) is 6.92 Å². The summed E-state index contributed by atoms with van der Waals surface area (Å²) in [6, 6.07) is 16.2. The topological polar surface area (TPSA) is 95.6 Å². The Labute approximate surface area is 220 Å². The Kier molecular flexibility index (Phi) is 6.69. The number of benzene rings is 2. The summed E-state index contributed by atoms with van der Waals surface area (Å²) >= 11 is 0. The Morgan fingerprint density at radius 1 is 0.974 bits per heavy atom. The first-order valence-corrected chi connectivity index (χ1v) is 11.8. The number of nitrogens with zero attached hydrogens (tertiary/aromatic N) is 5. The minimum Gasteiger partial charge on any atom is -0.493 e. The summed E-state index contributed by atoms with van der Waals surface area (Å²) in [4.78, 5) is 17.2. The molecule has 200 valence electrons. The van der Waals surface area contributed by atoms with Crippen LogP contribution in [0.2, 0.25) is 0 Å². The molecule has 39 heavy (non-hydrogen) atoms. The number of hydrogen-bond acceptors (Lipinski definition) is 6. The van der Waals surface area contributed by atoms with Gasteiger partial charge in [-0.1, -0.05) is 24.3 Å². The number of nitrogens with one attached hydrogen (secondary N) is 1. The molecular weight excluding hydrogens is 513 g/mol. The number of rotatable bonds is 7. The maximum Gasteiger partial charge on any atom is 0.433 e. The van der Waals surface area contributed by atoms with Crippen LogP contribution >= 0.6 is 0 Å². The molecule has 5 aromatic rings. The molecule has 0 aliphatic rings. The Balaban J connectivity index is 1.45. The lowest BCUT2D eigenvalue weighted by atomic mass is 10.1. The number of hydrogen-bond donors (Lipinski definition) is 1. The van der Waals surface area contributed by atoms with Gasteiger partial charge < -0.3 is 14.8 Å². The highest BCUT2D eigenvalue weighted by atomic mass is 19.4. The van der Waals surface area contributed by atoms with E-state index < -0.39 is 17.8 Å². The molecule has 0 aliphatic carbocycles. The SMILES string of the molecule is COc1ccc(-c2cc(C(F)(F)F)n3nc(C(=O)Nc4ccn(Cc5ccccc5C)n4)cc3n2)cc1OC. The number of ether oxygens (including phenoxy) is 2. The monoisotopic (exact) mass is 536 g/mol. The van der Waals surface area contributed by atoms with Gasteiger partial charge in [0.25, 0.3) is 5.91 Å². The lowest BCUT2D eigenvalue weighted by molar-refractivity contribution is -0.142. The number of halogens is 3. The zero-order valence-electron chi connectivity index (χ0n) is 21.2. The van der Waals surface area contributed by atoms with Crippen LogP contribution in [0.1, 0.15) is 27.3 Å².